The van der Waals surface area contributed by atoms with Gasteiger partial charge in [0, 0.05) is 11.0 Å². The van der Waals surface area contributed by atoms with Gasteiger partial charge in [-0.05, 0) is 24.0 Å². The van der Waals surface area contributed by atoms with Crippen LogP contribution in [0.2, 0.25) is 0 Å². The molecule has 20 heavy (non-hydrogen) atoms. The smallest absolute Gasteiger partial charge is 0.243 e. The normalized spacial score (nSPS) is 19.4. The van der Waals surface area contributed by atoms with Gasteiger partial charge in [0.15, 0.2) is 0 Å². The molecule has 1 aliphatic rings. The van der Waals surface area contributed by atoms with E-state index in [2.05, 4.69) is 35.1 Å². The number of carbonyl (C=O) groups excluding carboxylic acids is 2. The van der Waals surface area contributed by atoms with E-state index in [4.69, 9.17) is 0 Å². The van der Waals surface area contributed by atoms with Crippen molar-refractivity contribution < 1.29 is 9.59 Å². The van der Waals surface area contributed by atoms with E-state index in [0.29, 0.717) is 18.9 Å². The summed E-state index contributed by atoms with van der Waals surface area (Å²) >= 11 is 3.49. The topological polar surface area (TPSA) is 49.4 Å². The van der Waals surface area contributed by atoms with E-state index in [9.17, 15) is 9.59 Å². The lowest BCUT2D eigenvalue weighted by Gasteiger charge is -2.36. The first-order valence-electron chi connectivity index (χ1n) is 6.79. The molecule has 2 rings (SSSR count). The van der Waals surface area contributed by atoms with Gasteiger partial charge in [0.25, 0.3) is 0 Å². The van der Waals surface area contributed by atoms with Gasteiger partial charge in [-0.15, -0.1) is 0 Å². The number of nitrogens with zero attached hydrogens (tertiary/aromatic N) is 1. The van der Waals surface area contributed by atoms with Crippen LogP contribution in [0.4, 0.5) is 0 Å². The zero-order chi connectivity index (χ0) is 14.7. The van der Waals surface area contributed by atoms with Gasteiger partial charge in [0.1, 0.15) is 6.04 Å². The van der Waals surface area contributed by atoms with Crippen LogP contribution in [0.1, 0.15) is 25.8 Å². The van der Waals surface area contributed by atoms with Gasteiger partial charge in [-0.3, -0.25) is 9.59 Å². The second kappa shape index (κ2) is 6.39. The van der Waals surface area contributed by atoms with Crippen LogP contribution in [0, 0.1) is 5.92 Å². The Morgan fingerprint density at radius 2 is 2.05 bits per heavy atom. The largest absolute Gasteiger partial charge is 0.345 e. The monoisotopic (exact) mass is 338 g/mol. The first kappa shape index (κ1) is 15.0. The number of amides is 2. The van der Waals surface area contributed by atoms with Crippen LogP contribution in [0.5, 0.6) is 0 Å². The summed E-state index contributed by atoms with van der Waals surface area (Å²) in [6.45, 7) is 4.68. The molecule has 1 N–H and O–H groups in total. The van der Waals surface area contributed by atoms with Gasteiger partial charge in [-0.25, -0.2) is 0 Å². The lowest BCUT2D eigenvalue weighted by atomic mass is 9.99. The van der Waals surface area contributed by atoms with Crippen molar-refractivity contribution in [3.8, 4) is 0 Å². The van der Waals surface area contributed by atoms with Crippen molar-refractivity contribution in [2.45, 2.75) is 32.9 Å². The standard InChI is InChI=1S/C15H19BrN2O2/c1-10(2)7-13-15(20)17-8-14(19)18(13)9-11-5-3-4-6-12(11)16/h3-6,10,13H,7-9H2,1-2H3,(H,17,20). The molecule has 0 aliphatic carbocycles. The van der Waals surface area contributed by atoms with E-state index < -0.39 is 0 Å². The van der Waals surface area contributed by atoms with Crippen LogP contribution >= 0.6 is 15.9 Å². The summed E-state index contributed by atoms with van der Waals surface area (Å²) in [5.74, 6) is 0.287. The molecule has 1 aromatic carbocycles. The maximum Gasteiger partial charge on any atom is 0.243 e. The van der Waals surface area contributed by atoms with Crippen molar-refractivity contribution in [1.82, 2.24) is 10.2 Å². The van der Waals surface area contributed by atoms with Crippen LogP contribution in [0.25, 0.3) is 0 Å². The zero-order valence-corrected chi connectivity index (χ0v) is 13.3. The first-order chi connectivity index (χ1) is 9.49. The number of hydrogen-bond donors (Lipinski definition) is 1. The zero-order valence-electron chi connectivity index (χ0n) is 11.7. The van der Waals surface area contributed by atoms with E-state index in [1.807, 2.05) is 24.3 Å². The maximum absolute atomic E-state index is 12.1. The van der Waals surface area contributed by atoms with Crippen molar-refractivity contribution in [3.05, 3.63) is 34.3 Å². The lowest BCUT2D eigenvalue weighted by molar-refractivity contribution is -0.146. The fourth-order valence-corrected chi connectivity index (χ4v) is 2.80. The average Bonchev–Trinajstić information content (AvgIpc) is 2.40. The molecule has 1 heterocycles. The second-order valence-electron chi connectivity index (χ2n) is 5.48. The van der Waals surface area contributed by atoms with E-state index >= 15 is 0 Å². The summed E-state index contributed by atoms with van der Waals surface area (Å²) in [4.78, 5) is 25.9. The Kier molecular flexibility index (Phi) is 4.81. The number of halogens is 1. The van der Waals surface area contributed by atoms with Crippen LogP contribution in [0.3, 0.4) is 0 Å². The molecule has 2 amide bonds. The van der Waals surface area contributed by atoms with Gasteiger partial charge in [0.05, 0.1) is 6.54 Å². The third-order valence-electron chi connectivity index (χ3n) is 3.41. The summed E-state index contributed by atoms with van der Waals surface area (Å²) in [6, 6.07) is 7.41. The molecule has 0 spiro atoms. The predicted molar refractivity (Wildman–Crippen MR) is 80.9 cm³/mol. The molecule has 0 bridgehead atoms. The van der Waals surface area contributed by atoms with E-state index in [1.165, 1.54) is 0 Å². The van der Waals surface area contributed by atoms with Crippen LogP contribution in [-0.4, -0.2) is 29.3 Å². The van der Waals surface area contributed by atoms with Gasteiger partial charge >= 0.3 is 0 Å². The van der Waals surface area contributed by atoms with Gasteiger partial charge in [-0.1, -0.05) is 48.0 Å². The average molecular weight is 339 g/mol. The quantitative estimate of drug-likeness (QED) is 0.915. The highest BCUT2D eigenvalue weighted by molar-refractivity contribution is 9.10. The molecule has 1 unspecified atom stereocenters. The molecular formula is C15H19BrN2O2. The summed E-state index contributed by atoms with van der Waals surface area (Å²) < 4.78 is 0.960. The number of rotatable bonds is 4. The van der Waals surface area contributed by atoms with Gasteiger partial charge in [0.2, 0.25) is 11.8 Å². The summed E-state index contributed by atoms with van der Waals surface area (Å²) in [7, 11) is 0. The highest BCUT2D eigenvalue weighted by atomic mass is 79.9. The molecule has 1 fully saturated rings. The van der Waals surface area contributed by atoms with Gasteiger partial charge in [-0.2, -0.15) is 0 Å². The molecule has 0 radical (unpaired) electrons. The number of piperazine rings is 1. The minimum Gasteiger partial charge on any atom is -0.345 e. The van der Waals surface area contributed by atoms with Crippen LogP contribution < -0.4 is 5.32 Å². The highest BCUT2D eigenvalue weighted by Crippen LogP contribution is 2.22. The molecule has 4 nitrogen and oxygen atoms in total. The third kappa shape index (κ3) is 3.39. The molecule has 0 saturated carbocycles. The first-order valence-corrected chi connectivity index (χ1v) is 7.59. The fourth-order valence-electron chi connectivity index (χ4n) is 2.39. The Labute approximate surface area is 127 Å². The van der Waals surface area contributed by atoms with Crippen LogP contribution in [0.15, 0.2) is 28.7 Å². The second-order valence-corrected chi connectivity index (χ2v) is 6.33. The maximum atomic E-state index is 12.1. The molecule has 1 atom stereocenters. The molecule has 1 aliphatic heterocycles. The molecule has 1 saturated heterocycles. The van der Waals surface area contributed by atoms with Gasteiger partial charge < -0.3 is 10.2 Å². The minimum atomic E-state index is -0.372. The number of benzene rings is 1. The van der Waals surface area contributed by atoms with E-state index in [1.54, 1.807) is 4.90 Å². The number of carbonyl (C=O) groups is 2. The Bertz CT molecular complexity index is 516. The van der Waals surface area contributed by atoms with Crippen molar-refractivity contribution in [3.63, 3.8) is 0 Å². The highest BCUT2D eigenvalue weighted by Gasteiger charge is 2.34. The predicted octanol–water partition coefficient (Wildman–Crippen LogP) is 2.32. The number of hydrogen-bond acceptors (Lipinski definition) is 2. The summed E-state index contributed by atoms with van der Waals surface area (Å²) in [5, 5.41) is 2.68. The van der Waals surface area contributed by atoms with Crippen molar-refractivity contribution >= 4 is 27.7 Å². The molecule has 0 aromatic heterocycles. The fraction of sp³-hybridized carbons (Fsp3) is 0.467. The van der Waals surface area contributed by atoms with E-state index in [-0.39, 0.29) is 24.4 Å². The molecule has 5 heteroatoms. The van der Waals surface area contributed by atoms with Crippen molar-refractivity contribution in [2.24, 2.45) is 5.92 Å². The molecular weight excluding hydrogens is 320 g/mol. The van der Waals surface area contributed by atoms with Crippen LogP contribution in [-0.2, 0) is 16.1 Å². The minimum absolute atomic E-state index is 0.0222. The Balaban J connectivity index is 2.22. The third-order valence-corrected chi connectivity index (χ3v) is 4.18. The van der Waals surface area contributed by atoms with Crippen molar-refractivity contribution in [2.75, 3.05) is 6.54 Å². The Morgan fingerprint density at radius 3 is 2.70 bits per heavy atom. The molecule has 1 aromatic rings. The SMILES string of the molecule is CC(C)CC1C(=O)NCC(=O)N1Cc1ccccc1Br. The Morgan fingerprint density at radius 1 is 1.35 bits per heavy atom. The lowest BCUT2D eigenvalue weighted by Crippen LogP contribution is -2.58. The van der Waals surface area contributed by atoms with E-state index in [0.717, 1.165) is 10.0 Å². The summed E-state index contributed by atoms with van der Waals surface area (Å²) in [5.41, 5.74) is 1.02. The molecule has 108 valence electrons. The number of nitrogens with one attached hydrogen (secondary N) is 1. The summed E-state index contributed by atoms with van der Waals surface area (Å²) in [6.07, 6.45) is 0.683. The van der Waals surface area contributed by atoms with Crippen molar-refractivity contribution in [1.29, 1.82) is 0 Å². The Hall–Kier alpha value is -1.36.